The van der Waals surface area contributed by atoms with Crippen LogP contribution in [-0.4, -0.2) is 43.0 Å². The molecule has 1 aliphatic rings. The Labute approximate surface area is 157 Å². The van der Waals surface area contributed by atoms with E-state index in [-0.39, 0.29) is 11.9 Å². The monoisotopic (exact) mass is 370 g/mol. The molecule has 27 heavy (non-hydrogen) atoms. The molecule has 1 atom stereocenters. The summed E-state index contributed by atoms with van der Waals surface area (Å²) >= 11 is 0. The van der Waals surface area contributed by atoms with Crippen molar-refractivity contribution in [3.05, 3.63) is 59.5 Å². The minimum atomic E-state index is -0.442. The maximum Gasteiger partial charge on any atom is 0.248 e. The van der Waals surface area contributed by atoms with E-state index in [2.05, 4.69) is 20.6 Å². The van der Waals surface area contributed by atoms with Gasteiger partial charge in [-0.3, -0.25) is 9.79 Å². The first-order valence-corrected chi connectivity index (χ1v) is 8.78. The summed E-state index contributed by atoms with van der Waals surface area (Å²) in [4.78, 5) is 21.4. The number of benzene rings is 1. The Morgan fingerprint density at radius 2 is 2.15 bits per heavy atom. The van der Waals surface area contributed by atoms with Crippen molar-refractivity contribution in [2.45, 2.75) is 19.0 Å². The third-order valence-corrected chi connectivity index (χ3v) is 4.49. The largest absolute Gasteiger partial charge is 0.366 e. The summed E-state index contributed by atoms with van der Waals surface area (Å²) in [5, 5.41) is 6.60. The second-order valence-electron chi connectivity index (χ2n) is 6.37. The standard InChI is InChI=1S/C19H23FN6O/c1-22-19(24-11-13-4-6-14(7-5-13)17(21)27)25-15-8-10-26(12-15)18-16(20)3-2-9-23-18/h2-7,9,15H,8,10-12H2,1H3,(H2,21,27)(H2,22,24,25). The Morgan fingerprint density at radius 1 is 1.37 bits per heavy atom. The van der Waals surface area contributed by atoms with Crippen LogP contribution in [0.15, 0.2) is 47.6 Å². The number of aromatic nitrogens is 1. The summed E-state index contributed by atoms with van der Waals surface area (Å²) in [6.45, 7) is 1.95. The van der Waals surface area contributed by atoms with Crippen LogP contribution in [0.2, 0.25) is 0 Å². The molecule has 0 aliphatic carbocycles. The van der Waals surface area contributed by atoms with Crippen LogP contribution in [0, 0.1) is 5.82 Å². The number of anilines is 1. The lowest BCUT2D eigenvalue weighted by Crippen LogP contribution is -2.44. The van der Waals surface area contributed by atoms with Gasteiger partial charge in [-0.2, -0.15) is 0 Å². The highest BCUT2D eigenvalue weighted by Crippen LogP contribution is 2.20. The minimum Gasteiger partial charge on any atom is -0.366 e. The van der Waals surface area contributed by atoms with Crippen LogP contribution in [0.25, 0.3) is 0 Å². The Hall–Kier alpha value is -3.16. The van der Waals surface area contributed by atoms with Gasteiger partial charge in [0, 0.05) is 44.5 Å². The quantitative estimate of drug-likeness (QED) is 0.544. The number of aliphatic imine (C=N–C) groups is 1. The summed E-state index contributed by atoms with van der Waals surface area (Å²) in [6.07, 6.45) is 2.47. The Kier molecular flexibility index (Phi) is 5.85. The van der Waals surface area contributed by atoms with Crippen LogP contribution in [0.4, 0.5) is 10.2 Å². The van der Waals surface area contributed by atoms with Crippen molar-refractivity contribution in [1.82, 2.24) is 15.6 Å². The predicted molar refractivity (Wildman–Crippen MR) is 103 cm³/mol. The number of amides is 1. The van der Waals surface area contributed by atoms with E-state index in [1.165, 1.54) is 6.07 Å². The van der Waals surface area contributed by atoms with Crippen LogP contribution in [0.5, 0.6) is 0 Å². The first-order chi connectivity index (χ1) is 13.1. The Balaban J connectivity index is 1.52. The fourth-order valence-electron chi connectivity index (χ4n) is 3.04. The number of carbonyl (C=O) groups is 1. The van der Waals surface area contributed by atoms with Gasteiger partial charge < -0.3 is 21.3 Å². The molecule has 1 aromatic heterocycles. The molecule has 1 saturated heterocycles. The molecule has 1 fully saturated rings. The van der Waals surface area contributed by atoms with Gasteiger partial charge in [0.2, 0.25) is 5.91 Å². The van der Waals surface area contributed by atoms with E-state index in [9.17, 15) is 9.18 Å². The lowest BCUT2D eigenvalue weighted by atomic mass is 10.1. The lowest BCUT2D eigenvalue weighted by Gasteiger charge is -2.20. The molecule has 2 heterocycles. The second-order valence-corrected chi connectivity index (χ2v) is 6.37. The molecule has 8 heteroatoms. The van der Waals surface area contributed by atoms with Crippen LogP contribution in [0.1, 0.15) is 22.3 Å². The number of hydrogen-bond acceptors (Lipinski definition) is 4. The summed E-state index contributed by atoms with van der Waals surface area (Å²) in [5.74, 6) is 0.309. The molecule has 2 aromatic rings. The SMILES string of the molecule is CN=C(NCc1ccc(C(N)=O)cc1)NC1CCN(c2ncccc2F)C1. The van der Waals surface area contributed by atoms with Gasteiger partial charge in [0.25, 0.3) is 0 Å². The number of carbonyl (C=O) groups excluding carboxylic acids is 1. The molecule has 1 amide bonds. The number of hydrogen-bond donors (Lipinski definition) is 3. The zero-order chi connectivity index (χ0) is 19.2. The number of halogens is 1. The molecule has 0 saturated carbocycles. The minimum absolute atomic E-state index is 0.148. The first-order valence-electron chi connectivity index (χ1n) is 8.78. The van der Waals surface area contributed by atoms with Gasteiger partial charge in [0.1, 0.15) is 0 Å². The zero-order valence-electron chi connectivity index (χ0n) is 15.2. The smallest absolute Gasteiger partial charge is 0.248 e. The van der Waals surface area contributed by atoms with Gasteiger partial charge in [-0.25, -0.2) is 9.37 Å². The van der Waals surface area contributed by atoms with E-state index < -0.39 is 5.91 Å². The van der Waals surface area contributed by atoms with Crippen molar-refractivity contribution < 1.29 is 9.18 Å². The van der Waals surface area contributed by atoms with Crippen molar-refractivity contribution in [3.8, 4) is 0 Å². The maximum atomic E-state index is 13.9. The fourth-order valence-corrected chi connectivity index (χ4v) is 3.04. The third kappa shape index (κ3) is 4.72. The summed E-state index contributed by atoms with van der Waals surface area (Å²) in [7, 11) is 1.71. The molecule has 142 valence electrons. The second kappa shape index (κ2) is 8.48. The summed E-state index contributed by atoms with van der Waals surface area (Å²) < 4.78 is 13.9. The fraction of sp³-hybridized carbons (Fsp3) is 0.316. The maximum absolute atomic E-state index is 13.9. The highest BCUT2D eigenvalue weighted by molar-refractivity contribution is 5.92. The molecule has 3 rings (SSSR count). The predicted octanol–water partition coefficient (Wildman–Crippen LogP) is 1.26. The van der Waals surface area contributed by atoms with Gasteiger partial charge in [-0.1, -0.05) is 12.1 Å². The lowest BCUT2D eigenvalue weighted by molar-refractivity contribution is 0.100. The number of nitrogens with two attached hydrogens (primary N) is 1. The van der Waals surface area contributed by atoms with Crippen LogP contribution in [0.3, 0.4) is 0 Å². The average molecular weight is 370 g/mol. The Bertz CT molecular complexity index is 823. The van der Waals surface area contributed by atoms with E-state index in [0.29, 0.717) is 30.4 Å². The van der Waals surface area contributed by atoms with Gasteiger partial charge in [0.15, 0.2) is 17.6 Å². The van der Waals surface area contributed by atoms with Crippen LogP contribution < -0.4 is 21.3 Å². The van der Waals surface area contributed by atoms with Crippen molar-refractivity contribution >= 4 is 17.7 Å². The van der Waals surface area contributed by atoms with E-state index in [4.69, 9.17) is 5.73 Å². The van der Waals surface area contributed by atoms with Crippen molar-refractivity contribution in [3.63, 3.8) is 0 Å². The summed E-state index contributed by atoms with van der Waals surface area (Å²) in [5.41, 5.74) is 6.73. The molecule has 0 bridgehead atoms. The van der Waals surface area contributed by atoms with E-state index >= 15 is 0 Å². The third-order valence-electron chi connectivity index (χ3n) is 4.49. The van der Waals surface area contributed by atoms with E-state index in [1.807, 2.05) is 17.0 Å². The van der Waals surface area contributed by atoms with E-state index in [0.717, 1.165) is 18.5 Å². The number of pyridine rings is 1. The molecule has 1 unspecified atom stereocenters. The average Bonchev–Trinajstić information content (AvgIpc) is 3.14. The molecular formula is C19H23FN6O. The molecule has 0 spiro atoms. The Morgan fingerprint density at radius 3 is 2.81 bits per heavy atom. The summed E-state index contributed by atoms with van der Waals surface area (Å²) in [6, 6.07) is 10.3. The number of nitrogens with one attached hydrogen (secondary N) is 2. The van der Waals surface area contributed by atoms with Crippen LogP contribution in [-0.2, 0) is 6.54 Å². The van der Waals surface area contributed by atoms with Gasteiger partial charge in [-0.15, -0.1) is 0 Å². The normalized spacial score (nSPS) is 17.0. The van der Waals surface area contributed by atoms with Gasteiger partial charge in [-0.05, 0) is 36.2 Å². The highest BCUT2D eigenvalue weighted by atomic mass is 19.1. The first kappa shape index (κ1) is 18.6. The van der Waals surface area contributed by atoms with Crippen molar-refractivity contribution in [2.75, 3.05) is 25.0 Å². The van der Waals surface area contributed by atoms with Gasteiger partial charge >= 0.3 is 0 Å². The van der Waals surface area contributed by atoms with E-state index in [1.54, 1.807) is 31.4 Å². The molecule has 0 radical (unpaired) electrons. The van der Waals surface area contributed by atoms with Crippen molar-refractivity contribution in [1.29, 1.82) is 0 Å². The molecule has 1 aliphatic heterocycles. The number of primary amides is 1. The topological polar surface area (TPSA) is 95.6 Å². The molecular weight excluding hydrogens is 347 g/mol. The molecule has 7 nitrogen and oxygen atoms in total. The zero-order valence-corrected chi connectivity index (χ0v) is 15.2. The number of nitrogens with zero attached hydrogens (tertiary/aromatic N) is 3. The van der Waals surface area contributed by atoms with Gasteiger partial charge in [0.05, 0.1) is 0 Å². The van der Waals surface area contributed by atoms with Crippen molar-refractivity contribution in [2.24, 2.45) is 10.7 Å². The number of rotatable bonds is 5. The molecule has 1 aromatic carbocycles. The highest BCUT2D eigenvalue weighted by Gasteiger charge is 2.25. The number of guanidine groups is 1. The molecule has 4 N–H and O–H groups in total. The van der Waals surface area contributed by atoms with Crippen LogP contribution >= 0.6 is 0 Å².